The molecule has 0 saturated heterocycles. The fraction of sp³-hybridized carbons (Fsp3) is 0.136. The van der Waals surface area contributed by atoms with Crippen molar-refractivity contribution in [3.63, 3.8) is 0 Å². The summed E-state index contributed by atoms with van der Waals surface area (Å²) < 4.78 is 20.7. The number of fused-ring (bicyclic) bond motifs is 3. The van der Waals surface area contributed by atoms with Gasteiger partial charge in [0.05, 0.1) is 11.8 Å². The molecule has 2 heterocycles. The molecule has 3 nitrogen and oxygen atoms in total. The zero-order valence-corrected chi connectivity index (χ0v) is 17.0. The molecule has 28 heavy (non-hydrogen) atoms. The van der Waals surface area contributed by atoms with Crippen LogP contribution < -0.4 is 4.74 Å². The van der Waals surface area contributed by atoms with Crippen LogP contribution in [0.1, 0.15) is 35.4 Å². The minimum Gasteiger partial charge on any atom is -0.464 e. The van der Waals surface area contributed by atoms with Crippen molar-refractivity contribution < 1.29 is 9.13 Å². The molecule has 0 spiro atoms. The monoisotopic (exact) mass is 456 g/mol. The van der Waals surface area contributed by atoms with E-state index in [1.54, 1.807) is 12.1 Å². The SMILES string of the molecule is Fc1ccc(C2=NN3[C@H](C2)c2cc(Br)ccc2O[C@@H]3c2cccc(Cl)c2)cc1. The minimum atomic E-state index is -0.379. The van der Waals surface area contributed by atoms with Crippen LogP contribution in [0.25, 0.3) is 0 Å². The van der Waals surface area contributed by atoms with Crippen molar-refractivity contribution in [2.24, 2.45) is 5.10 Å². The first-order valence-electron chi connectivity index (χ1n) is 8.92. The molecule has 0 aliphatic carbocycles. The molecule has 2 atom stereocenters. The highest BCUT2D eigenvalue weighted by Gasteiger charge is 2.41. The first kappa shape index (κ1) is 17.7. The van der Waals surface area contributed by atoms with Gasteiger partial charge in [-0.1, -0.05) is 51.8 Å². The molecule has 3 aromatic carbocycles. The molecule has 0 bridgehead atoms. The van der Waals surface area contributed by atoms with E-state index in [9.17, 15) is 4.39 Å². The van der Waals surface area contributed by atoms with Crippen LogP contribution in [0.4, 0.5) is 4.39 Å². The Morgan fingerprint density at radius 3 is 2.68 bits per heavy atom. The van der Waals surface area contributed by atoms with Crippen molar-refractivity contribution in [3.05, 3.63) is 98.7 Å². The van der Waals surface area contributed by atoms with Crippen molar-refractivity contribution in [2.75, 3.05) is 0 Å². The zero-order valence-electron chi connectivity index (χ0n) is 14.6. The van der Waals surface area contributed by atoms with E-state index in [4.69, 9.17) is 21.4 Å². The van der Waals surface area contributed by atoms with Gasteiger partial charge in [-0.25, -0.2) is 9.40 Å². The molecular weight excluding hydrogens is 443 g/mol. The summed E-state index contributed by atoms with van der Waals surface area (Å²) in [5.74, 6) is 0.583. The first-order chi connectivity index (χ1) is 13.6. The molecule has 0 aromatic heterocycles. The van der Waals surface area contributed by atoms with E-state index in [0.29, 0.717) is 5.02 Å². The lowest BCUT2D eigenvalue weighted by Crippen LogP contribution is -2.33. The van der Waals surface area contributed by atoms with Gasteiger partial charge in [0.25, 0.3) is 0 Å². The van der Waals surface area contributed by atoms with Crippen molar-refractivity contribution in [3.8, 4) is 5.75 Å². The summed E-state index contributed by atoms with van der Waals surface area (Å²) in [4.78, 5) is 0. The van der Waals surface area contributed by atoms with Crippen LogP contribution >= 0.6 is 27.5 Å². The molecule has 0 N–H and O–H groups in total. The number of nitrogens with zero attached hydrogens (tertiary/aromatic N) is 2. The molecule has 0 fully saturated rings. The molecule has 0 radical (unpaired) electrons. The topological polar surface area (TPSA) is 24.8 Å². The summed E-state index contributed by atoms with van der Waals surface area (Å²) in [5.41, 5.74) is 3.84. The van der Waals surface area contributed by atoms with Crippen LogP contribution in [0.5, 0.6) is 5.75 Å². The predicted octanol–water partition coefficient (Wildman–Crippen LogP) is 6.48. The Bertz CT molecular complexity index is 1090. The second-order valence-corrected chi connectivity index (χ2v) is 8.21. The Labute approximate surface area is 175 Å². The van der Waals surface area contributed by atoms with E-state index in [1.807, 2.05) is 41.4 Å². The maximum Gasteiger partial charge on any atom is 0.213 e. The van der Waals surface area contributed by atoms with Crippen LogP contribution in [0.2, 0.25) is 5.02 Å². The van der Waals surface area contributed by atoms with Gasteiger partial charge < -0.3 is 4.74 Å². The van der Waals surface area contributed by atoms with Crippen molar-refractivity contribution >= 4 is 33.2 Å². The summed E-state index contributed by atoms with van der Waals surface area (Å²) in [6, 6.07) is 20.2. The van der Waals surface area contributed by atoms with Gasteiger partial charge in [-0.15, -0.1) is 0 Å². The lowest BCUT2D eigenvalue weighted by molar-refractivity contribution is -0.0190. The molecule has 2 aliphatic heterocycles. The molecular formula is C22H15BrClFN2O. The quantitative estimate of drug-likeness (QED) is 0.440. The number of halogens is 3. The van der Waals surface area contributed by atoms with E-state index >= 15 is 0 Å². The van der Waals surface area contributed by atoms with E-state index < -0.39 is 0 Å². The Balaban J connectivity index is 1.61. The normalized spacial score (nSPS) is 20.2. The Hall–Kier alpha value is -2.37. The number of hydrazone groups is 1. The maximum absolute atomic E-state index is 13.3. The van der Waals surface area contributed by atoms with Gasteiger partial charge in [0.15, 0.2) is 0 Å². The van der Waals surface area contributed by atoms with E-state index in [-0.39, 0.29) is 18.1 Å². The van der Waals surface area contributed by atoms with E-state index in [2.05, 4.69) is 22.0 Å². The van der Waals surface area contributed by atoms with Crippen molar-refractivity contribution in [1.82, 2.24) is 5.01 Å². The van der Waals surface area contributed by atoms with Crippen LogP contribution in [0.3, 0.4) is 0 Å². The highest BCUT2D eigenvalue weighted by Crippen LogP contribution is 2.48. The summed E-state index contributed by atoms with van der Waals surface area (Å²) >= 11 is 9.77. The third kappa shape index (κ3) is 3.09. The number of hydrogen-bond donors (Lipinski definition) is 0. The molecule has 3 aromatic rings. The minimum absolute atomic E-state index is 0.0327. The highest BCUT2D eigenvalue weighted by molar-refractivity contribution is 9.10. The van der Waals surface area contributed by atoms with E-state index in [0.717, 1.165) is 39.0 Å². The van der Waals surface area contributed by atoms with Gasteiger partial charge >= 0.3 is 0 Å². The Morgan fingerprint density at radius 1 is 1.07 bits per heavy atom. The largest absolute Gasteiger partial charge is 0.464 e. The lowest BCUT2D eigenvalue weighted by Gasteiger charge is -2.38. The van der Waals surface area contributed by atoms with Crippen LogP contribution in [-0.2, 0) is 0 Å². The average Bonchev–Trinajstić information content (AvgIpc) is 3.14. The fourth-order valence-corrected chi connectivity index (χ4v) is 4.33. The average molecular weight is 458 g/mol. The Kier molecular flexibility index (Phi) is 4.37. The standard InChI is InChI=1S/C22H15BrClFN2O/c23-15-6-9-21-18(11-15)20-12-19(13-4-7-17(25)8-5-13)26-27(20)22(28-21)14-2-1-3-16(24)10-14/h1-11,20,22H,12H2/t20-,22-/m1/s1. The number of hydrogen-bond acceptors (Lipinski definition) is 3. The van der Waals surface area contributed by atoms with Crippen LogP contribution in [0, 0.1) is 5.82 Å². The first-order valence-corrected chi connectivity index (χ1v) is 10.1. The third-order valence-corrected chi connectivity index (χ3v) is 5.79. The second kappa shape index (κ2) is 6.90. The number of rotatable bonds is 2. The van der Waals surface area contributed by atoms with Gasteiger partial charge in [0, 0.05) is 27.0 Å². The summed E-state index contributed by atoms with van der Waals surface area (Å²) in [5, 5.41) is 7.51. The van der Waals surface area contributed by atoms with Crippen molar-refractivity contribution in [2.45, 2.75) is 18.7 Å². The van der Waals surface area contributed by atoms with Crippen LogP contribution in [0.15, 0.2) is 76.3 Å². The summed E-state index contributed by atoms with van der Waals surface area (Å²) in [7, 11) is 0. The zero-order chi connectivity index (χ0) is 19.3. The molecule has 5 rings (SSSR count). The molecule has 2 aliphatic rings. The molecule has 140 valence electrons. The van der Waals surface area contributed by atoms with Gasteiger partial charge in [-0.2, -0.15) is 5.10 Å². The van der Waals surface area contributed by atoms with Gasteiger partial charge in [-0.05, 0) is 48.0 Å². The van der Waals surface area contributed by atoms with E-state index in [1.165, 1.54) is 12.1 Å². The fourth-order valence-electron chi connectivity index (χ4n) is 3.76. The lowest BCUT2D eigenvalue weighted by atomic mass is 9.96. The second-order valence-electron chi connectivity index (χ2n) is 6.86. The molecule has 6 heteroatoms. The van der Waals surface area contributed by atoms with Crippen LogP contribution in [-0.4, -0.2) is 10.7 Å². The predicted molar refractivity (Wildman–Crippen MR) is 111 cm³/mol. The number of benzene rings is 3. The highest BCUT2D eigenvalue weighted by atomic mass is 79.9. The summed E-state index contributed by atoms with van der Waals surface area (Å²) in [6.07, 6.45) is 0.338. The van der Waals surface area contributed by atoms with Crippen molar-refractivity contribution in [1.29, 1.82) is 0 Å². The number of ether oxygens (including phenoxy) is 1. The smallest absolute Gasteiger partial charge is 0.213 e. The molecule has 0 amide bonds. The summed E-state index contributed by atoms with van der Waals surface area (Å²) in [6.45, 7) is 0. The Morgan fingerprint density at radius 2 is 1.89 bits per heavy atom. The molecule has 0 saturated carbocycles. The molecule has 0 unspecified atom stereocenters. The third-order valence-electron chi connectivity index (χ3n) is 5.06. The van der Waals surface area contributed by atoms with Gasteiger partial charge in [0.1, 0.15) is 11.6 Å². The maximum atomic E-state index is 13.3. The van der Waals surface area contributed by atoms with Gasteiger partial charge in [-0.3, -0.25) is 0 Å². The van der Waals surface area contributed by atoms with Gasteiger partial charge in [0.2, 0.25) is 6.23 Å².